The number of piperidine rings is 1. The molecule has 0 spiro atoms. The van der Waals surface area contributed by atoms with Crippen molar-refractivity contribution in [1.29, 1.82) is 0 Å². The van der Waals surface area contributed by atoms with Gasteiger partial charge in [0.2, 0.25) is 5.91 Å². The first kappa shape index (κ1) is 20.7. The Hall–Kier alpha value is -1.30. The molecular formula is C17H25Cl2N3O2. The number of hydrogen-bond acceptors (Lipinski definition) is 3. The van der Waals surface area contributed by atoms with E-state index >= 15 is 0 Å². The molecule has 1 aliphatic rings. The van der Waals surface area contributed by atoms with Crippen molar-refractivity contribution in [2.75, 3.05) is 13.1 Å². The van der Waals surface area contributed by atoms with Crippen LogP contribution in [0.4, 0.5) is 0 Å². The lowest BCUT2D eigenvalue weighted by molar-refractivity contribution is -0.124. The number of nitrogens with one attached hydrogen (secondary N) is 3. The molecule has 24 heavy (non-hydrogen) atoms. The number of carbonyl (C=O) groups is 2. The largest absolute Gasteiger partial charge is 0.350 e. The highest BCUT2D eigenvalue weighted by atomic mass is 35.5. The first-order valence-corrected chi connectivity index (χ1v) is 8.42. The van der Waals surface area contributed by atoms with Crippen molar-refractivity contribution >= 4 is 35.8 Å². The number of halogens is 2. The van der Waals surface area contributed by atoms with Crippen molar-refractivity contribution in [3.05, 3.63) is 34.9 Å². The molecule has 1 heterocycles. The Morgan fingerprint density at radius 2 is 1.92 bits per heavy atom. The average molecular weight is 374 g/mol. The van der Waals surface area contributed by atoms with E-state index < -0.39 is 6.04 Å². The quantitative estimate of drug-likeness (QED) is 0.741. The highest BCUT2D eigenvalue weighted by Crippen LogP contribution is 2.11. The summed E-state index contributed by atoms with van der Waals surface area (Å²) in [5, 5.41) is 9.70. The zero-order valence-corrected chi connectivity index (χ0v) is 15.5. The van der Waals surface area contributed by atoms with Crippen LogP contribution in [0.2, 0.25) is 5.02 Å². The molecule has 0 radical (unpaired) electrons. The molecule has 0 saturated carbocycles. The van der Waals surface area contributed by atoms with Gasteiger partial charge >= 0.3 is 0 Å². The van der Waals surface area contributed by atoms with Crippen LogP contribution in [-0.2, 0) is 4.79 Å². The van der Waals surface area contributed by atoms with Gasteiger partial charge in [0, 0.05) is 23.2 Å². The van der Waals surface area contributed by atoms with Crippen molar-refractivity contribution in [3.8, 4) is 0 Å². The Balaban J connectivity index is 0.00000288. The Morgan fingerprint density at radius 1 is 1.25 bits per heavy atom. The van der Waals surface area contributed by atoms with E-state index in [9.17, 15) is 9.59 Å². The van der Waals surface area contributed by atoms with Crippen molar-refractivity contribution < 1.29 is 9.59 Å². The lowest BCUT2D eigenvalue weighted by Crippen LogP contribution is -2.54. The maximum Gasteiger partial charge on any atom is 0.251 e. The molecule has 0 aliphatic carbocycles. The number of amides is 2. The first-order chi connectivity index (χ1) is 11.0. The summed E-state index contributed by atoms with van der Waals surface area (Å²) in [6, 6.07) is 6.20. The van der Waals surface area contributed by atoms with Crippen LogP contribution in [0.3, 0.4) is 0 Å². The fourth-order valence-corrected chi connectivity index (χ4v) is 2.75. The van der Waals surface area contributed by atoms with E-state index in [0.717, 1.165) is 25.9 Å². The maximum absolute atomic E-state index is 12.5. The van der Waals surface area contributed by atoms with E-state index in [1.54, 1.807) is 24.3 Å². The van der Waals surface area contributed by atoms with Crippen LogP contribution in [0.5, 0.6) is 0 Å². The zero-order valence-electron chi connectivity index (χ0n) is 14.0. The van der Waals surface area contributed by atoms with Crippen LogP contribution in [0.15, 0.2) is 24.3 Å². The van der Waals surface area contributed by atoms with Gasteiger partial charge in [-0.2, -0.15) is 0 Å². The summed E-state index contributed by atoms with van der Waals surface area (Å²) in [6.07, 6.45) is 2.02. The normalized spacial score (nSPS) is 18.4. The summed E-state index contributed by atoms with van der Waals surface area (Å²) in [6.45, 7) is 5.62. The molecule has 2 unspecified atom stereocenters. The van der Waals surface area contributed by atoms with Crippen LogP contribution in [0.1, 0.15) is 37.0 Å². The molecule has 3 N–H and O–H groups in total. The van der Waals surface area contributed by atoms with Gasteiger partial charge in [-0.25, -0.2) is 0 Å². The van der Waals surface area contributed by atoms with Gasteiger partial charge in [-0.1, -0.05) is 25.4 Å². The van der Waals surface area contributed by atoms with Crippen molar-refractivity contribution in [2.45, 2.75) is 38.8 Å². The fourth-order valence-electron chi connectivity index (χ4n) is 2.63. The van der Waals surface area contributed by atoms with Crippen LogP contribution in [-0.4, -0.2) is 37.0 Å². The van der Waals surface area contributed by atoms with Crippen LogP contribution in [0, 0.1) is 5.92 Å². The van der Waals surface area contributed by atoms with E-state index in [0.29, 0.717) is 10.6 Å². The lowest BCUT2D eigenvalue weighted by Gasteiger charge is -2.28. The molecule has 1 aromatic rings. The molecule has 0 bridgehead atoms. The predicted molar refractivity (Wildman–Crippen MR) is 98.8 cm³/mol. The summed E-state index contributed by atoms with van der Waals surface area (Å²) in [5.74, 6) is -0.393. The number of rotatable bonds is 5. The minimum atomic E-state index is -0.555. The molecule has 1 aliphatic heterocycles. The third-order valence-corrected chi connectivity index (χ3v) is 4.24. The smallest absolute Gasteiger partial charge is 0.251 e. The Morgan fingerprint density at radius 3 is 2.46 bits per heavy atom. The first-order valence-electron chi connectivity index (χ1n) is 8.05. The molecule has 2 atom stereocenters. The second-order valence-corrected chi connectivity index (χ2v) is 6.69. The van der Waals surface area contributed by atoms with Crippen molar-refractivity contribution in [3.63, 3.8) is 0 Å². The second-order valence-electron chi connectivity index (χ2n) is 6.25. The summed E-state index contributed by atoms with van der Waals surface area (Å²) < 4.78 is 0. The number of hydrogen-bond donors (Lipinski definition) is 3. The third kappa shape index (κ3) is 5.96. The molecule has 7 heteroatoms. The van der Waals surface area contributed by atoms with Crippen LogP contribution < -0.4 is 16.0 Å². The molecule has 134 valence electrons. The Labute approximate surface area is 154 Å². The van der Waals surface area contributed by atoms with Gasteiger partial charge in [0.05, 0.1) is 0 Å². The third-order valence-electron chi connectivity index (χ3n) is 3.99. The fraction of sp³-hybridized carbons (Fsp3) is 0.529. The summed E-state index contributed by atoms with van der Waals surface area (Å²) >= 11 is 5.83. The van der Waals surface area contributed by atoms with Crippen molar-refractivity contribution in [1.82, 2.24) is 16.0 Å². The molecule has 2 amide bonds. The predicted octanol–water partition coefficient (Wildman–Crippen LogP) is 2.38. The summed E-state index contributed by atoms with van der Waals surface area (Å²) in [5.41, 5.74) is 0.493. The number of benzene rings is 1. The second kappa shape index (κ2) is 9.87. The van der Waals surface area contributed by atoms with Gasteiger partial charge in [-0.05, 0) is 49.6 Å². The number of carbonyl (C=O) groups excluding carboxylic acids is 2. The summed E-state index contributed by atoms with van der Waals surface area (Å²) in [4.78, 5) is 24.8. The summed E-state index contributed by atoms with van der Waals surface area (Å²) in [7, 11) is 0. The minimum absolute atomic E-state index is 0. The van der Waals surface area contributed by atoms with E-state index in [2.05, 4.69) is 16.0 Å². The Bertz CT molecular complexity index is 543. The Kier molecular flexibility index (Phi) is 8.53. The highest BCUT2D eigenvalue weighted by molar-refractivity contribution is 6.30. The van der Waals surface area contributed by atoms with Gasteiger partial charge < -0.3 is 16.0 Å². The molecule has 1 saturated heterocycles. The van der Waals surface area contributed by atoms with E-state index in [4.69, 9.17) is 11.6 Å². The standard InChI is InChI=1S/C17H24ClN3O2.ClH/c1-11(2)15(17(23)20-14-4-3-9-19-10-14)21-16(22)12-5-7-13(18)8-6-12;/h5-8,11,14-15,19H,3-4,9-10H2,1-2H3,(H,20,23)(H,21,22);1H. The van der Waals surface area contributed by atoms with Gasteiger partial charge in [0.15, 0.2) is 0 Å². The van der Waals surface area contributed by atoms with Gasteiger partial charge in [0.25, 0.3) is 5.91 Å². The zero-order chi connectivity index (χ0) is 16.8. The van der Waals surface area contributed by atoms with Crippen LogP contribution >= 0.6 is 24.0 Å². The van der Waals surface area contributed by atoms with E-state index in [-0.39, 0.29) is 36.2 Å². The molecular weight excluding hydrogens is 349 g/mol. The molecule has 1 aromatic carbocycles. The van der Waals surface area contributed by atoms with E-state index in [1.165, 1.54) is 0 Å². The SMILES string of the molecule is CC(C)C(NC(=O)c1ccc(Cl)cc1)C(=O)NC1CCCNC1.Cl. The van der Waals surface area contributed by atoms with Crippen molar-refractivity contribution in [2.24, 2.45) is 5.92 Å². The van der Waals surface area contributed by atoms with Gasteiger partial charge in [0.1, 0.15) is 6.04 Å². The van der Waals surface area contributed by atoms with E-state index in [1.807, 2.05) is 13.8 Å². The molecule has 2 rings (SSSR count). The van der Waals surface area contributed by atoms with Gasteiger partial charge in [-0.15, -0.1) is 12.4 Å². The monoisotopic (exact) mass is 373 g/mol. The molecule has 5 nitrogen and oxygen atoms in total. The topological polar surface area (TPSA) is 70.2 Å². The van der Waals surface area contributed by atoms with Gasteiger partial charge in [-0.3, -0.25) is 9.59 Å². The maximum atomic E-state index is 12.5. The minimum Gasteiger partial charge on any atom is -0.350 e. The highest BCUT2D eigenvalue weighted by Gasteiger charge is 2.27. The lowest BCUT2D eigenvalue weighted by atomic mass is 10.0. The average Bonchev–Trinajstić information content (AvgIpc) is 2.53. The molecule has 0 aromatic heterocycles. The molecule has 1 fully saturated rings. The van der Waals surface area contributed by atoms with Crippen LogP contribution in [0.25, 0.3) is 0 Å².